The first-order valence-corrected chi connectivity index (χ1v) is 7.49. The van der Waals surface area contributed by atoms with Crippen LogP contribution in [0.25, 0.3) is 17.0 Å². The number of rotatable bonds is 7. The van der Waals surface area contributed by atoms with Crippen LogP contribution in [-0.4, -0.2) is 36.6 Å². The van der Waals surface area contributed by atoms with E-state index in [2.05, 4.69) is 4.98 Å². The highest BCUT2D eigenvalue weighted by molar-refractivity contribution is 5.82. The van der Waals surface area contributed by atoms with Crippen LogP contribution in [0, 0.1) is 11.3 Å². The van der Waals surface area contributed by atoms with E-state index in [-0.39, 0.29) is 19.3 Å². The number of aromatic nitrogens is 1. The number of hydrogen-bond donors (Lipinski definition) is 1. The third-order valence-corrected chi connectivity index (χ3v) is 4.27. The third kappa shape index (κ3) is 3.25. The van der Waals surface area contributed by atoms with Crippen LogP contribution in [-0.2, 0) is 14.3 Å². The van der Waals surface area contributed by atoms with Crippen molar-refractivity contribution in [2.75, 3.05) is 20.5 Å². The van der Waals surface area contributed by atoms with Gasteiger partial charge < -0.3 is 14.6 Å². The molecule has 120 valence electrons. The maximum atomic E-state index is 11.5. The SMILES string of the molecule is COCOCC1(C(=O)O)CC1/C=C/c1ccc2ncccc2c1. The molecule has 0 bridgehead atoms. The summed E-state index contributed by atoms with van der Waals surface area (Å²) >= 11 is 0. The summed E-state index contributed by atoms with van der Waals surface area (Å²) in [4.78, 5) is 15.8. The molecule has 5 heteroatoms. The summed E-state index contributed by atoms with van der Waals surface area (Å²) in [5.41, 5.74) is 1.17. The highest BCUT2D eigenvalue weighted by atomic mass is 16.7. The number of methoxy groups -OCH3 is 1. The van der Waals surface area contributed by atoms with Gasteiger partial charge in [0.05, 0.1) is 17.5 Å². The van der Waals surface area contributed by atoms with Crippen LogP contribution in [0.15, 0.2) is 42.6 Å². The number of aliphatic carboxylic acids is 1. The number of carboxylic acid groups (broad SMARTS) is 1. The monoisotopic (exact) mass is 313 g/mol. The lowest BCUT2D eigenvalue weighted by molar-refractivity contribution is -0.148. The molecule has 0 amide bonds. The lowest BCUT2D eigenvalue weighted by Gasteiger charge is -2.11. The van der Waals surface area contributed by atoms with Crippen molar-refractivity contribution in [3.8, 4) is 0 Å². The van der Waals surface area contributed by atoms with E-state index in [4.69, 9.17) is 9.47 Å². The van der Waals surface area contributed by atoms with Crippen molar-refractivity contribution in [1.29, 1.82) is 0 Å². The average Bonchev–Trinajstić information content (AvgIpc) is 3.28. The van der Waals surface area contributed by atoms with E-state index in [0.29, 0.717) is 6.42 Å². The minimum Gasteiger partial charge on any atom is -0.481 e. The highest BCUT2D eigenvalue weighted by Crippen LogP contribution is 2.54. The number of carbonyl (C=O) groups is 1. The fourth-order valence-corrected chi connectivity index (χ4v) is 2.79. The van der Waals surface area contributed by atoms with E-state index in [1.54, 1.807) is 6.20 Å². The number of pyridine rings is 1. The third-order valence-electron chi connectivity index (χ3n) is 4.27. The van der Waals surface area contributed by atoms with Gasteiger partial charge in [-0.25, -0.2) is 0 Å². The molecule has 1 saturated carbocycles. The van der Waals surface area contributed by atoms with Crippen LogP contribution in [0.4, 0.5) is 0 Å². The summed E-state index contributed by atoms with van der Waals surface area (Å²) in [5.74, 6) is -0.826. The molecule has 2 aromatic rings. The van der Waals surface area contributed by atoms with Crippen molar-refractivity contribution in [1.82, 2.24) is 4.98 Å². The van der Waals surface area contributed by atoms with E-state index < -0.39 is 11.4 Å². The molecule has 5 nitrogen and oxygen atoms in total. The van der Waals surface area contributed by atoms with Gasteiger partial charge in [-0.15, -0.1) is 0 Å². The minimum atomic E-state index is -0.814. The second-order valence-corrected chi connectivity index (χ2v) is 5.84. The Morgan fingerprint density at radius 2 is 2.35 bits per heavy atom. The Hall–Kier alpha value is -2.24. The van der Waals surface area contributed by atoms with Gasteiger partial charge in [0.1, 0.15) is 6.79 Å². The standard InChI is InChI=1S/C18H19NO4/c1-22-12-23-11-18(17(20)21)10-15(18)6-4-13-5-7-16-14(9-13)3-2-8-19-16/h2-9,15H,10-12H2,1H3,(H,20,21)/b6-4+. The van der Waals surface area contributed by atoms with E-state index >= 15 is 0 Å². The Bertz CT molecular complexity index is 743. The Morgan fingerprint density at radius 3 is 3.13 bits per heavy atom. The van der Waals surface area contributed by atoms with Gasteiger partial charge in [0.15, 0.2) is 0 Å². The summed E-state index contributed by atoms with van der Waals surface area (Å²) in [5, 5.41) is 10.5. The number of carboxylic acids is 1. The first-order valence-electron chi connectivity index (χ1n) is 7.49. The van der Waals surface area contributed by atoms with Gasteiger partial charge in [-0.1, -0.05) is 24.3 Å². The lowest BCUT2D eigenvalue weighted by Crippen LogP contribution is -2.24. The maximum absolute atomic E-state index is 11.5. The van der Waals surface area contributed by atoms with Crippen molar-refractivity contribution in [3.05, 3.63) is 48.2 Å². The first-order chi connectivity index (χ1) is 11.2. The van der Waals surface area contributed by atoms with E-state index in [1.807, 2.05) is 42.5 Å². The second-order valence-electron chi connectivity index (χ2n) is 5.84. The van der Waals surface area contributed by atoms with Gasteiger partial charge in [-0.05, 0) is 36.1 Å². The van der Waals surface area contributed by atoms with Crippen LogP contribution in [0.1, 0.15) is 12.0 Å². The average molecular weight is 313 g/mol. The topological polar surface area (TPSA) is 68.7 Å². The number of nitrogens with zero attached hydrogens (tertiary/aromatic N) is 1. The molecule has 0 radical (unpaired) electrons. The summed E-state index contributed by atoms with van der Waals surface area (Å²) in [6, 6.07) is 9.91. The summed E-state index contributed by atoms with van der Waals surface area (Å²) in [7, 11) is 1.52. The molecular weight excluding hydrogens is 294 g/mol. The maximum Gasteiger partial charge on any atom is 0.312 e. The van der Waals surface area contributed by atoms with E-state index in [9.17, 15) is 9.90 Å². The molecule has 1 fully saturated rings. The molecule has 1 aliphatic rings. The molecule has 1 aromatic carbocycles. The molecular formula is C18H19NO4. The van der Waals surface area contributed by atoms with E-state index in [0.717, 1.165) is 16.5 Å². The minimum absolute atomic E-state index is 0.0125. The molecule has 1 heterocycles. The first kappa shape index (κ1) is 15.6. The summed E-state index contributed by atoms with van der Waals surface area (Å²) in [6.07, 6.45) is 6.29. The number of hydrogen-bond acceptors (Lipinski definition) is 4. The van der Waals surface area contributed by atoms with Crippen LogP contribution in [0.2, 0.25) is 0 Å². The molecule has 2 unspecified atom stereocenters. The lowest BCUT2D eigenvalue weighted by atomic mass is 10.0. The molecule has 0 saturated heterocycles. The van der Waals surface area contributed by atoms with E-state index in [1.165, 1.54) is 7.11 Å². The zero-order valence-electron chi connectivity index (χ0n) is 12.9. The van der Waals surface area contributed by atoms with Gasteiger partial charge in [-0.3, -0.25) is 9.78 Å². The molecule has 23 heavy (non-hydrogen) atoms. The molecule has 0 spiro atoms. The van der Waals surface area contributed by atoms with Crippen LogP contribution < -0.4 is 0 Å². The fourth-order valence-electron chi connectivity index (χ4n) is 2.79. The predicted octanol–water partition coefficient (Wildman–Crippen LogP) is 2.96. The van der Waals surface area contributed by atoms with Crippen molar-refractivity contribution < 1.29 is 19.4 Å². The van der Waals surface area contributed by atoms with Crippen molar-refractivity contribution in [3.63, 3.8) is 0 Å². The predicted molar refractivity (Wildman–Crippen MR) is 86.8 cm³/mol. The Kier molecular flexibility index (Phi) is 4.41. The van der Waals surface area contributed by atoms with Crippen molar-refractivity contribution in [2.45, 2.75) is 6.42 Å². The van der Waals surface area contributed by atoms with Gasteiger partial charge >= 0.3 is 5.97 Å². The van der Waals surface area contributed by atoms with Gasteiger partial charge in [-0.2, -0.15) is 0 Å². The molecule has 2 atom stereocenters. The molecule has 1 aliphatic carbocycles. The molecule has 3 rings (SSSR count). The number of benzene rings is 1. The van der Waals surface area contributed by atoms with Crippen molar-refractivity contribution in [2.24, 2.45) is 11.3 Å². The Balaban J connectivity index is 1.70. The summed E-state index contributed by atoms with van der Waals surface area (Å²) in [6.45, 7) is 0.288. The number of ether oxygens (including phenoxy) is 2. The zero-order valence-corrected chi connectivity index (χ0v) is 12.9. The van der Waals surface area contributed by atoms with Crippen LogP contribution in [0.3, 0.4) is 0 Å². The number of allylic oxidation sites excluding steroid dienone is 1. The van der Waals surface area contributed by atoms with Gasteiger partial charge in [0, 0.05) is 18.7 Å². The number of fused-ring (bicyclic) bond motifs is 1. The zero-order chi connectivity index (χ0) is 16.3. The second kappa shape index (κ2) is 6.48. The smallest absolute Gasteiger partial charge is 0.312 e. The molecule has 0 aliphatic heterocycles. The Labute approximate surface area is 134 Å². The Morgan fingerprint density at radius 1 is 1.48 bits per heavy atom. The van der Waals surface area contributed by atoms with Crippen LogP contribution >= 0.6 is 0 Å². The van der Waals surface area contributed by atoms with Gasteiger partial charge in [0.25, 0.3) is 0 Å². The van der Waals surface area contributed by atoms with Crippen LogP contribution in [0.5, 0.6) is 0 Å². The molecule has 1 N–H and O–H groups in total. The van der Waals surface area contributed by atoms with Gasteiger partial charge in [0.2, 0.25) is 0 Å². The largest absolute Gasteiger partial charge is 0.481 e. The quantitative estimate of drug-likeness (QED) is 0.628. The molecule has 1 aromatic heterocycles. The summed E-state index contributed by atoms with van der Waals surface area (Å²) < 4.78 is 10.1. The normalized spacial score (nSPS) is 23.4. The van der Waals surface area contributed by atoms with Crippen molar-refractivity contribution >= 4 is 22.9 Å². The fraction of sp³-hybridized carbons (Fsp3) is 0.333. The highest BCUT2D eigenvalue weighted by Gasteiger charge is 2.59.